The van der Waals surface area contributed by atoms with Crippen molar-refractivity contribution in [2.75, 3.05) is 6.54 Å². The van der Waals surface area contributed by atoms with E-state index < -0.39 is 0 Å². The Morgan fingerprint density at radius 3 is 2.89 bits per heavy atom. The number of rotatable bonds is 0. The number of aliphatic imine (C=N–C) groups is 1. The second kappa shape index (κ2) is 2.72. The fraction of sp³-hybridized carbons (Fsp3) is 0.500. The van der Waals surface area contributed by atoms with Crippen molar-refractivity contribution in [2.45, 2.75) is 12.3 Å². The molecular formula is C6H7Cl2N. The topological polar surface area (TPSA) is 12.4 Å². The summed E-state index contributed by atoms with van der Waals surface area (Å²) in [5, 5.41) is 0.608. The molecule has 0 aromatic heterocycles. The first kappa shape index (κ1) is 7.10. The molecule has 1 aliphatic rings. The first-order chi connectivity index (χ1) is 4.20. The summed E-state index contributed by atoms with van der Waals surface area (Å²) in [6, 6.07) is 0. The van der Waals surface area contributed by atoms with E-state index in [1.807, 2.05) is 6.92 Å². The maximum Gasteiger partial charge on any atom is 0.123 e. The average Bonchev–Trinajstić information content (AvgIpc) is 1.80. The first-order valence-corrected chi connectivity index (χ1v) is 3.54. The number of alkyl halides is 1. The number of hydrogen-bond donors (Lipinski definition) is 0. The molecule has 0 aliphatic carbocycles. The van der Waals surface area contributed by atoms with Gasteiger partial charge in [0.2, 0.25) is 0 Å². The molecule has 1 rings (SSSR count). The summed E-state index contributed by atoms with van der Waals surface area (Å²) in [4.78, 5) is 3.94. The Hall–Kier alpha value is -0.0100. The Kier molecular flexibility index (Phi) is 2.14. The van der Waals surface area contributed by atoms with Crippen molar-refractivity contribution in [3.8, 4) is 0 Å². The number of allylic oxidation sites excluding steroid dienone is 1. The highest BCUT2D eigenvalue weighted by Crippen LogP contribution is 2.15. The van der Waals surface area contributed by atoms with Crippen molar-refractivity contribution >= 4 is 28.4 Å². The second-order valence-corrected chi connectivity index (χ2v) is 2.93. The molecule has 0 spiro atoms. The van der Waals surface area contributed by atoms with Crippen molar-refractivity contribution in [3.05, 3.63) is 11.6 Å². The van der Waals surface area contributed by atoms with Gasteiger partial charge in [-0.3, -0.25) is 4.99 Å². The van der Waals surface area contributed by atoms with Gasteiger partial charge >= 0.3 is 0 Å². The number of halogens is 2. The lowest BCUT2D eigenvalue weighted by atomic mass is 10.2. The van der Waals surface area contributed by atoms with Crippen LogP contribution in [0.2, 0.25) is 0 Å². The quantitative estimate of drug-likeness (QED) is 0.486. The molecule has 0 aromatic carbocycles. The summed E-state index contributed by atoms with van der Waals surface area (Å²) in [7, 11) is 0. The van der Waals surface area contributed by atoms with Crippen LogP contribution < -0.4 is 0 Å². The van der Waals surface area contributed by atoms with E-state index in [2.05, 4.69) is 4.99 Å². The highest BCUT2D eigenvalue weighted by Gasteiger charge is 2.10. The number of dihydropyridines is 1. The summed E-state index contributed by atoms with van der Waals surface area (Å²) < 4.78 is 0. The predicted molar refractivity (Wildman–Crippen MR) is 41.6 cm³/mol. The summed E-state index contributed by atoms with van der Waals surface area (Å²) in [6.07, 6.45) is 1.79. The van der Waals surface area contributed by atoms with E-state index in [4.69, 9.17) is 23.2 Å². The molecule has 50 valence electrons. The van der Waals surface area contributed by atoms with Gasteiger partial charge in [-0.15, -0.1) is 11.6 Å². The first-order valence-electron chi connectivity index (χ1n) is 2.72. The van der Waals surface area contributed by atoms with E-state index in [0.29, 0.717) is 11.7 Å². The fourth-order valence-electron chi connectivity index (χ4n) is 0.635. The maximum atomic E-state index is 5.80. The molecule has 1 heterocycles. The highest BCUT2D eigenvalue weighted by molar-refractivity contribution is 6.68. The molecule has 1 unspecified atom stereocenters. The Bertz CT molecular complexity index is 172. The lowest BCUT2D eigenvalue weighted by Crippen LogP contribution is -2.11. The SMILES string of the molecule is CC1=CC(Cl)=NCC1Cl. The van der Waals surface area contributed by atoms with Gasteiger partial charge in [0.05, 0.1) is 11.9 Å². The third-order valence-corrected chi connectivity index (χ3v) is 1.95. The molecule has 1 nitrogen and oxygen atoms in total. The van der Waals surface area contributed by atoms with Gasteiger partial charge in [0.15, 0.2) is 0 Å². The molecule has 1 atom stereocenters. The zero-order valence-corrected chi connectivity index (χ0v) is 6.58. The van der Waals surface area contributed by atoms with Crippen molar-refractivity contribution < 1.29 is 0 Å². The van der Waals surface area contributed by atoms with Crippen molar-refractivity contribution in [1.82, 2.24) is 0 Å². The molecule has 0 saturated heterocycles. The minimum atomic E-state index is 0.0486. The molecule has 0 N–H and O–H groups in total. The predicted octanol–water partition coefficient (Wildman–Crippen LogP) is 2.19. The molecule has 0 amide bonds. The number of nitrogens with zero attached hydrogens (tertiary/aromatic N) is 1. The second-order valence-electron chi connectivity index (χ2n) is 2.02. The standard InChI is InChI=1S/C6H7Cl2N/c1-4-2-6(8)9-3-5(4)7/h2,5H,3H2,1H3. The Morgan fingerprint density at radius 1 is 1.78 bits per heavy atom. The van der Waals surface area contributed by atoms with Crippen molar-refractivity contribution in [2.24, 2.45) is 4.99 Å². The van der Waals surface area contributed by atoms with Crippen LogP contribution in [0.4, 0.5) is 0 Å². The van der Waals surface area contributed by atoms with E-state index in [1.165, 1.54) is 0 Å². The molecule has 1 aliphatic heterocycles. The zero-order chi connectivity index (χ0) is 6.85. The molecular weight excluding hydrogens is 157 g/mol. The van der Waals surface area contributed by atoms with Crippen LogP contribution >= 0.6 is 23.2 Å². The van der Waals surface area contributed by atoms with Crippen LogP contribution in [0.25, 0.3) is 0 Å². The third kappa shape index (κ3) is 1.70. The molecule has 0 fully saturated rings. The van der Waals surface area contributed by atoms with Gasteiger partial charge in [-0.2, -0.15) is 0 Å². The molecule has 0 radical (unpaired) electrons. The van der Waals surface area contributed by atoms with Crippen LogP contribution in [-0.2, 0) is 0 Å². The monoisotopic (exact) mass is 163 g/mol. The van der Waals surface area contributed by atoms with Gasteiger partial charge < -0.3 is 0 Å². The van der Waals surface area contributed by atoms with Crippen LogP contribution in [0.1, 0.15) is 6.92 Å². The van der Waals surface area contributed by atoms with Gasteiger partial charge in [0, 0.05) is 0 Å². The smallest absolute Gasteiger partial charge is 0.123 e. The summed E-state index contributed by atoms with van der Waals surface area (Å²) in [6.45, 7) is 2.57. The van der Waals surface area contributed by atoms with Crippen molar-refractivity contribution in [1.29, 1.82) is 0 Å². The van der Waals surface area contributed by atoms with E-state index in [-0.39, 0.29) is 5.38 Å². The Labute approximate surface area is 64.4 Å². The summed E-state index contributed by atoms with van der Waals surface area (Å²) in [5.74, 6) is 0. The zero-order valence-electron chi connectivity index (χ0n) is 5.06. The molecule has 0 aromatic rings. The van der Waals surface area contributed by atoms with E-state index in [9.17, 15) is 0 Å². The maximum absolute atomic E-state index is 5.80. The Morgan fingerprint density at radius 2 is 2.44 bits per heavy atom. The van der Waals surface area contributed by atoms with Crippen LogP contribution in [0.5, 0.6) is 0 Å². The largest absolute Gasteiger partial charge is 0.271 e. The fourth-order valence-corrected chi connectivity index (χ4v) is 1.01. The van der Waals surface area contributed by atoms with Crippen LogP contribution in [0, 0.1) is 0 Å². The average molecular weight is 164 g/mol. The van der Waals surface area contributed by atoms with Gasteiger partial charge in [-0.1, -0.05) is 17.2 Å². The molecule has 9 heavy (non-hydrogen) atoms. The van der Waals surface area contributed by atoms with Gasteiger partial charge in [-0.25, -0.2) is 0 Å². The van der Waals surface area contributed by atoms with Crippen LogP contribution in [0.15, 0.2) is 16.6 Å². The normalized spacial score (nSPS) is 27.2. The minimum absolute atomic E-state index is 0.0486. The molecule has 0 saturated carbocycles. The van der Waals surface area contributed by atoms with Crippen molar-refractivity contribution in [3.63, 3.8) is 0 Å². The van der Waals surface area contributed by atoms with Gasteiger partial charge in [-0.05, 0) is 13.0 Å². The van der Waals surface area contributed by atoms with E-state index >= 15 is 0 Å². The third-order valence-electron chi connectivity index (χ3n) is 1.24. The molecule has 3 heteroatoms. The number of hydrogen-bond acceptors (Lipinski definition) is 1. The molecule has 0 bridgehead atoms. The van der Waals surface area contributed by atoms with Gasteiger partial charge in [0.1, 0.15) is 5.17 Å². The Balaban J connectivity index is 2.74. The van der Waals surface area contributed by atoms with Crippen LogP contribution in [-0.4, -0.2) is 17.1 Å². The van der Waals surface area contributed by atoms with E-state index in [0.717, 1.165) is 5.57 Å². The van der Waals surface area contributed by atoms with Crippen LogP contribution in [0.3, 0.4) is 0 Å². The van der Waals surface area contributed by atoms with E-state index in [1.54, 1.807) is 6.08 Å². The van der Waals surface area contributed by atoms with Gasteiger partial charge in [0.25, 0.3) is 0 Å². The minimum Gasteiger partial charge on any atom is -0.271 e. The highest BCUT2D eigenvalue weighted by atomic mass is 35.5. The summed E-state index contributed by atoms with van der Waals surface area (Å²) >= 11 is 11.4. The summed E-state index contributed by atoms with van der Waals surface area (Å²) in [5.41, 5.74) is 1.09. The lowest BCUT2D eigenvalue weighted by Gasteiger charge is -2.10. The lowest BCUT2D eigenvalue weighted by molar-refractivity contribution is 0.948.